The number of para-hydroxylation sites is 1. The Morgan fingerprint density at radius 3 is 2.89 bits per heavy atom. The highest BCUT2D eigenvalue weighted by molar-refractivity contribution is 5.85. The Balaban J connectivity index is 1.80. The number of likely N-dealkylation sites (tertiary alicyclic amines) is 1. The standard InChI is InChI=1S/C16H20N2O/c1-16(2)11-18(8-7-15(16)19)10-12-9-17-14-6-4-3-5-13(12)14/h3-6,9,17H,7-8,10-11H2,1-2H3. The summed E-state index contributed by atoms with van der Waals surface area (Å²) in [5.41, 5.74) is 2.30. The number of nitrogens with one attached hydrogen (secondary N) is 1. The summed E-state index contributed by atoms with van der Waals surface area (Å²) in [6, 6.07) is 8.37. The second-order valence-electron chi connectivity index (χ2n) is 6.13. The lowest BCUT2D eigenvalue weighted by Crippen LogP contribution is -2.45. The van der Waals surface area contributed by atoms with Crippen molar-refractivity contribution in [3.63, 3.8) is 0 Å². The molecule has 0 spiro atoms. The van der Waals surface area contributed by atoms with E-state index in [1.54, 1.807) is 0 Å². The Bertz CT molecular complexity index is 612. The first kappa shape index (κ1) is 12.4. The molecule has 2 heterocycles. The van der Waals surface area contributed by atoms with Crippen LogP contribution in [0.4, 0.5) is 0 Å². The normalized spacial score (nSPS) is 20.0. The Kier molecular flexibility index (Phi) is 2.94. The van der Waals surface area contributed by atoms with E-state index in [2.05, 4.69) is 48.1 Å². The molecule has 1 fully saturated rings. The van der Waals surface area contributed by atoms with E-state index in [0.717, 1.165) is 19.6 Å². The van der Waals surface area contributed by atoms with Gasteiger partial charge in [-0.2, -0.15) is 0 Å². The molecule has 1 saturated heterocycles. The largest absolute Gasteiger partial charge is 0.361 e. The Hall–Kier alpha value is -1.61. The number of benzene rings is 1. The summed E-state index contributed by atoms with van der Waals surface area (Å²) in [4.78, 5) is 17.5. The van der Waals surface area contributed by atoms with Crippen molar-refractivity contribution in [1.82, 2.24) is 9.88 Å². The maximum absolute atomic E-state index is 11.8. The van der Waals surface area contributed by atoms with Crippen LogP contribution in [0, 0.1) is 5.41 Å². The number of Topliss-reactive ketones (excluding diaryl/α,β-unsaturated/α-hetero) is 1. The van der Waals surface area contributed by atoms with Crippen molar-refractivity contribution in [1.29, 1.82) is 0 Å². The number of piperidine rings is 1. The summed E-state index contributed by atoms with van der Waals surface area (Å²) in [7, 11) is 0. The highest BCUT2D eigenvalue weighted by atomic mass is 16.1. The first-order valence-corrected chi connectivity index (χ1v) is 6.87. The third kappa shape index (κ3) is 2.30. The topological polar surface area (TPSA) is 36.1 Å². The van der Waals surface area contributed by atoms with E-state index in [0.29, 0.717) is 12.2 Å². The number of H-pyrrole nitrogens is 1. The van der Waals surface area contributed by atoms with Gasteiger partial charge in [-0.15, -0.1) is 0 Å². The predicted octanol–water partition coefficient (Wildman–Crippen LogP) is 2.97. The third-order valence-corrected chi connectivity index (χ3v) is 4.10. The van der Waals surface area contributed by atoms with E-state index in [1.165, 1.54) is 16.5 Å². The molecule has 2 aromatic rings. The summed E-state index contributed by atoms with van der Waals surface area (Å²) in [5, 5.41) is 1.29. The van der Waals surface area contributed by atoms with Crippen molar-refractivity contribution in [2.24, 2.45) is 5.41 Å². The lowest BCUT2D eigenvalue weighted by Gasteiger charge is -2.36. The average Bonchev–Trinajstić information content (AvgIpc) is 2.77. The quantitative estimate of drug-likeness (QED) is 0.896. The number of aromatic nitrogens is 1. The van der Waals surface area contributed by atoms with Gasteiger partial charge in [0, 0.05) is 48.6 Å². The molecular formula is C16H20N2O. The molecule has 3 heteroatoms. The van der Waals surface area contributed by atoms with Gasteiger partial charge in [0.25, 0.3) is 0 Å². The smallest absolute Gasteiger partial charge is 0.141 e. The minimum Gasteiger partial charge on any atom is -0.361 e. The molecule has 3 nitrogen and oxygen atoms in total. The zero-order valence-electron chi connectivity index (χ0n) is 11.6. The molecule has 1 N–H and O–H groups in total. The van der Waals surface area contributed by atoms with Gasteiger partial charge in [0.15, 0.2) is 0 Å². The molecule has 1 aliphatic rings. The molecule has 19 heavy (non-hydrogen) atoms. The molecule has 1 aromatic heterocycles. The van der Waals surface area contributed by atoms with Crippen LogP contribution in [0.5, 0.6) is 0 Å². The highest BCUT2D eigenvalue weighted by Crippen LogP contribution is 2.27. The maximum Gasteiger partial charge on any atom is 0.141 e. The van der Waals surface area contributed by atoms with Gasteiger partial charge in [-0.1, -0.05) is 32.0 Å². The number of fused-ring (bicyclic) bond motifs is 1. The molecule has 0 aliphatic carbocycles. The van der Waals surface area contributed by atoms with Gasteiger partial charge in [0.1, 0.15) is 5.78 Å². The van der Waals surface area contributed by atoms with Gasteiger partial charge >= 0.3 is 0 Å². The number of aromatic amines is 1. The number of hydrogen-bond donors (Lipinski definition) is 1. The molecule has 0 amide bonds. The predicted molar refractivity (Wildman–Crippen MR) is 77.0 cm³/mol. The monoisotopic (exact) mass is 256 g/mol. The van der Waals surface area contributed by atoms with E-state index >= 15 is 0 Å². The highest BCUT2D eigenvalue weighted by Gasteiger charge is 2.34. The van der Waals surface area contributed by atoms with Crippen molar-refractivity contribution >= 4 is 16.7 Å². The van der Waals surface area contributed by atoms with Gasteiger partial charge < -0.3 is 4.98 Å². The third-order valence-electron chi connectivity index (χ3n) is 4.10. The first-order chi connectivity index (χ1) is 9.06. The van der Waals surface area contributed by atoms with Crippen molar-refractivity contribution in [2.75, 3.05) is 13.1 Å². The molecule has 1 aliphatic heterocycles. The summed E-state index contributed by atoms with van der Waals surface area (Å²) in [6.45, 7) is 6.75. The van der Waals surface area contributed by atoms with E-state index < -0.39 is 0 Å². The fourth-order valence-corrected chi connectivity index (χ4v) is 2.96. The number of carbonyl (C=O) groups excluding carboxylic acids is 1. The Labute approximate surface area is 113 Å². The molecule has 0 radical (unpaired) electrons. The summed E-state index contributed by atoms with van der Waals surface area (Å²) < 4.78 is 0. The van der Waals surface area contributed by atoms with Crippen molar-refractivity contribution in [3.05, 3.63) is 36.0 Å². The molecule has 0 bridgehead atoms. The van der Waals surface area contributed by atoms with E-state index in [4.69, 9.17) is 0 Å². The first-order valence-electron chi connectivity index (χ1n) is 6.87. The lowest BCUT2D eigenvalue weighted by molar-refractivity contribution is -0.131. The zero-order chi connectivity index (χ0) is 13.5. The van der Waals surface area contributed by atoms with Gasteiger partial charge in [0.05, 0.1) is 0 Å². The molecule has 0 atom stereocenters. The summed E-state index contributed by atoms with van der Waals surface area (Å²) in [5.74, 6) is 0.391. The minimum atomic E-state index is -0.204. The van der Waals surface area contributed by atoms with Crippen LogP contribution in [0.2, 0.25) is 0 Å². The minimum absolute atomic E-state index is 0.204. The van der Waals surface area contributed by atoms with Crippen LogP contribution in [0.15, 0.2) is 30.5 Å². The second kappa shape index (κ2) is 4.49. The van der Waals surface area contributed by atoms with Crippen molar-refractivity contribution < 1.29 is 4.79 Å². The number of nitrogens with zero attached hydrogens (tertiary/aromatic N) is 1. The van der Waals surface area contributed by atoms with Gasteiger partial charge in [-0.25, -0.2) is 0 Å². The van der Waals surface area contributed by atoms with Gasteiger partial charge in [-0.3, -0.25) is 9.69 Å². The van der Waals surface area contributed by atoms with Crippen molar-refractivity contribution in [3.8, 4) is 0 Å². The molecule has 3 rings (SSSR count). The Morgan fingerprint density at radius 1 is 1.32 bits per heavy atom. The van der Waals surface area contributed by atoms with Crippen LogP contribution in [-0.4, -0.2) is 28.8 Å². The summed E-state index contributed by atoms with van der Waals surface area (Å²) in [6.07, 6.45) is 2.77. The fourth-order valence-electron chi connectivity index (χ4n) is 2.96. The number of ketones is 1. The van der Waals surface area contributed by atoms with E-state index in [-0.39, 0.29) is 5.41 Å². The Morgan fingerprint density at radius 2 is 2.11 bits per heavy atom. The fraction of sp³-hybridized carbons (Fsp3) is 0.438. The van der Waals surface area contributed by atoms with Crippen molar-refractivity contribution in [2.45, 2.75) is 26.8 Å². The van der Waals surface area contributed by atoms with Gasteiger partial charge in [0.2, 0.25) is 0 Å². The number of hydrogen-bond acceptors (Lipinski definition) is 2. The summed E-state index contributed by atoms with van der Waals surface area (Å²) >= 11 is 0. The molecule has 0 unspecified atom stereocenters. The van der Waals surface area contributed by atoms with Crippen LogP contribution >= 0.6 is 0 Å². The number of carbonyl (C=O) groups is 1. The van der Waals surface area contributed by atoms with E-state index in [9.17, 15) is 4.79 Å². The molecule has 1 aromatic carbocycles. The van der Waals surface area contributed by atoms with Crippen LogP contribution in [-0.2, 0) is 11.3 Å². The molecule has 0 saturated carbocycles. The van der Waals surface area contributed by atoms with Crippen LogP contribution < -0.4 is 0 Å². The molecular weight excluding hydrogens is 236 g/mol. The van der Waals surface area contributed by atoms with Crippen LogP contribution in [0.25, 0.3) is 10.9 Å². The lowest BCUT2D eigenvalue weighted by atomic mass is 9.82. The molecule has 100 valence electrons. The average molecular weight is 256 g/mol. The second-order valence-corrected chi connectivity index (χ2v) is 6.13. The SMILES string of the molecule is CC1(C)CN(Cc2c[nH]c3ccccc23)CCC1=O. The van der Waals surface area contributed by atoms with Gasteiger partial charge in [-0.05, 0) is 11.6 Å². The van der Waals surface area contributed by atoms with Crippen LogP contribution in [0.1, 0.15) is 25.8 Å². The maximum atomic E-state index is 11.8. The number of rotatable bonds is 2. The van der Waals surface area contributed by atoms with E-state index in [1.807, 2.05) is 6.07 Å². The zero-order valence-corrected chi connectivity index (χ0v) is 11.6. The van der Waals surface area contributed by atoms with Crippen LogP contribution in [0.3, 0.4) is 0 Å².